The molecule has 0 spiro atoms. The minimum absolute atomic E-state index is 0.0844. The van der Waals surface area contributed by atoms with Crippen LogP contribution in [0.4, 0.5) is 8.78 Å². The normalized spacial score (nSPS) is 22.3. The van der Waals surface area contributed by atoms with Gasteiger partial charge in [0.1, 0.15) is 0 Å². The van der Waals surface area contributed by atoms with Crippen LogP contribution in [0.25, 0.3) is 0 Å². The average molecular weight is 279 g/mol. The molecule has 0 atom stereocenters. The predicted octanol–water partition coefficient (Wildman–Crippen LogP) is 3.56. The van der Waals surface area contributed by atoms with Crippen LogP contribution in [0.3, 0.4) is 0 Å². The summed E-state index contributed by atoms with van der Waals surface area (Å²) in [6.45, 7) is 1.78. The van der Waals surface area contributed by atoms with Crippen molar-refractivity contribution in [2.45, 2.75) is 44.1 Å². The van der Waals surface area contributed by atoms with Gasteiger partial charge >= 0.3 is 0 Å². The van der Waals surface area contributed by atoms with Gasteiger partial charge in [0.2, 0.25) is 0 Å². The molecule has 0 N–H and O–H groups in total. The molecular weight excluding hydrogens is 260 g/mol. The summed E-state index contributed by atoms with van der Waals surface area (Å²) in [7, 11) is 0. The molecule has 4 heteroatoms. The van der Waals surface area contributed by atoms with Crippen molar-refractivity contribution in [3.8, 4) is 0 Å². The zero-order chi connectivity index (χ0) is 14.2. The molecule has 1 aliphatic carbocycles. The Morgan fingerprint density at radius 3 is 2.35 bits per heavy atom. The molecule has 0 aromatic heterocycles. The first-order valence-corrected chi connectivity index (χ1v) is 7.39. The summed E-state index contributed by atoms with van der Waals surface area (Å²) >= 11 is 0. The molecule has 0 bridgehead atoms. The topological polar surface area (TPSA) is 20.3 Å². The Balaban J connectivity index is 1.99. The van der Waals surface area contributed by atoms with Crippen LogP contribution >= 0.6 is 0 Å². The van der Waals surface area contributed by atoms with Crippen molar-refractivity contribution < 1.29 is 13.6 Å². The summed E-state index contributed by atoms with van der Waals surface area (Å²) in [4.78, 5) is 15.1. The lowest BCUT2D eigenvalue weighted by Gasteiger charge is -2.37. The first-order chi connectivity index (χ1) is 9.65. The summed E-state index contributed by atoms with van der Waals surface area (Å²) in [5.41, 5.74) is -0.677. The van der Waals surface area contributed by atoms with Gasteiger partial charge in [-0.15, -0.1) is 0 Å². The van der Waals surface area contributed by atoms with E-state index in [1.54, 1.807) is 0 Å². The van der Waals surface area contributed by atoms with Gasteiger partial charge in [-0.3, -0.25) is 9.69 Å². The van der Waals surface area contributed by atoms with Crippen LogP contribution < -0.4 is 0 Å². The number of carbonyl (C=O) groups is 1. The van der Waals surface area contributed by atoms with E-state index < -0.39 is 17.2 Å². The van der Waals surface area contributed by atoms with Crippen LogP contribution in [0.1, 0.15) is 48.9 Å². The van der Waals surface area contributed by atoms with Crippen LogP contribution in [-0.2, 0) is 0 Å². The van der Waals surface area contributed by atoms with E-state index in [2.05, 4.69) is 4.90 Å². The van der Waals surface area contributed by atoms with E-state index in [1.165, 1.54) is 12.1 Å². The number of halogens is 2. The number of likely N-dealkylation sites (tertiary alicyclic amines) is 1. The highest BCUT2D eigenvalue weighted by Crippen LogP contribution is 2.40. The summed E-state index contributed by atoms with van der Waals surface area (Å²) in [5.74, 6) is -2.16. The van der Waals surface area contributed by atoms with Crippen molar-refractivity contribution in [1.29, 1.82) is 0 Å². The maximum Gasteiger partial charge on any atom is 0.186 e. The molecule has 0 radical (unpaired) electrons. The maximum absolute atomic E-state index is 13.9. The average Bonchev–Trinajstić information content (AvgIpc) is 3.12. The lowest BCUT2D eigenvalue weighted by atomic mass is 9.85. The second-order valence-electron chi connectivity index (χ2n) is 5.86. The van der Waals surface area contributed by atoms with E-state index in [1.807, 2.05) is 0 Å². The first-order valence-electron chi connectivity index (χ1n) is 7.39. The van der Waals surface area contributed by atoms with Gasteiger partial charge in [0, 0.05) is 0 Å². The number of nitrogens with zero attached hydrogens (tertiary/aromatic N) is 1. The molecule has 1 heterocycles. The van der Waals surface area contributed by atoms with Crippen molar-refractivity contribution in [1.82, 2.24) is 4.90 Å². The Morgan fingerprint density at radius 1 is 1.05 bits per heavy atom. The van der Waals surface area contributed by atoms with Crippen molar-refractivity contribution in [2.75, 3.05) is 13.1 Å². The zero-order valence-corrected chi connectivity index (χ0v) is 11.5. The van der Waals surface area contributed by atoms with Crippen LogP contribution in [0.2, 0.25) is 0 Å². The van der Waals surface area contributed by atoms with Gasteiger partial charge < -0.3 is 0 Å². The van der Waals surface area contributed by atoms with Gasteiger partial charge in [0.15, 0.2) is 17.4 Å². The quantitative estimate of drug-likeness (QED) is 0.789. The second kappa shape index (κ2) is 5.24. The number of hydrogen-bond donors (Lipinski definition) is 0. The third-order valence-electron chi connectivity index (χ3n) is 4.76. The van der Waals surface area contributed by atoms with E-state index in [-0.39, 0.29) is 11.3 Å². The SMILES string of the molecule is O=C(c1cccc(F)c1F)C1(N2CCCC2)CCCC1. The summed E-state index contributed by atoms with van der Waals surface area (Å²) in [6, 6.07) is 3.89. The van der Waals surface area contributed by atoms with Crippen LogP contribution in [0.15, 0.2) is 18.2 Å². The minimum Gasteiger partial charge on any atom is -0.292 e. The van der Waals surface area contributed by atoms with Crippen molar-refractivity contribution in [2.24, 2.45) is 0 Å². The van der Waals surface area contributed by atoms with E-state index in [4.69, 9.17) is 0 Å². The largest absolute Gasteiger partial charge is 0.292 e. The van der Waals surface area contributed by atoms with Crippen LogP contribution in [0, 0.1) is 11.6 Å². The number of ketones is 1. The summed E-state index contributed by atoms with van der Waals surface area (Å²) < 4.78 is 27.3. The molecule has 2 fully saturated rings. The van der Waals surface area contributed by atoms with Gasteiger partial charge in [0.05, 0.1) is 11.1 Å². The van der Waals surface area contributed by atoms with Gasteiger partial charge in [0.25, 0.3) is 0 Å². The third kappa shape index (κ3) is 2.06. The fourth-order valence-corrected chi connectivity index (χ4v) is 3.72. The third-order valence-corrected chi connectivity index (χ3v) is 4.76. The Kier molecular flexibility index (Phi) is 3.59. The molecule has 0 unspecified atom stereocenters. The molecular formula is C16H19F2NO. The maximum atomic E-state index is 13.9. The molecule has 1 aromatic carbocycles. The molecule has 0 amide bonds. The summed E-state index contributed by atoms with van der Waals surface area (Å²) in [6.07, 6.45) is 5.67. The molecule has 108 valence electrons. The Morgan fingerprint density at radius 2 is 1.70 bits per heavy atom. The van der Waals surface area contributed by atoms with Crippen molar-refractivity contribution in [3.05, 3.63) is 35.4 Å². The van der Waals surface area contributed by atoms with E-state index in [9.17, 15) is 13.6 Å². The van der Waals surface area contributed by atoms with Crippen LogP contribution in [-0.4, -0.2) is 29.3 Å². The monoisotopic (exact) mass is 279 g/mol. The van der Waals surface area contributed by atoms with E-state index in [0.29, 0.717) is 0 Å². The Hall–Kier alpha value is -1.29. The molecule has 1 saturated heterocycles. The van der Waals surface area contributed by atoms with Gasteiger partial charge in [-0.2, -0.15) is 0 Å². The number of rotatable bonds is 3. The minimum atomic E-state index is -0.997. The lowest BCUT2D eigenvalue weighted by Crippen LogP contribution is -2.51. The van der Waals surface area contributed by atoms with Crippen molar-refractivity contribution in [3.63, 3.8) is 0 Å². The van der Waals surface area contributed by atoms with Gasteiger partial charge in [-0.1, -0.05) is 18.9 Å². The number of benzene rings is 1. The first kappa shape index (κ1) is 13.7. The Bertz CT molecular complexity index is 517. The predicted molar refractivity (Wildman–Crippen MR) is 72.7 cm³/mol. The molecule has 2 aliphatic rings. The summed E-state index contributed by atoms with van der Waals surface area (Å²) in [5, 5.41) is 0. The highest BCUT2D eigenvalue weighted by Gasteiger charge is 2.47. The van der Waals surface area contributed by atoms with E-state index >= 15 is 0 Å². The zero-order valence-electron chi connectivity index (χ0n) is 11.5. The lowest BCUT2D eigenvalue weighted by molar-refractivity contribution is 0.0621. The molecule has 20 heavy (non-hydrogen) atoms. The standard InChI is InChI=1S/C16H19F2NO/c17-13-7-5-6-12(14(13)18)15(20)16(8-1-2-9-16)19-10-3-4-11-19/h5-7H,1-4,8-11H2. The molecule has 1 aromatic rings. The highest BCUT2D eigenvalue weighted by atomic mass is 19.2. The van der Waals surface area contributed by atoms with Gasteiger partial charge in [-0.25, -0.2) is 8.78 Å². The van der Waals surface area contributed by atoms with Crippen molar-refractivity contribution >= 4 is 5.78 Å². The van der Waals surface area contributed by atoms with E-state index in [0.717, 1.165) is 57.7 Å². The van der Waals surface area contributed by atoms with Crippen LogP contribution in [0.5, 0.6) is 0 Å². The number of Topliss-reactive ketones (excluding diaryl/α,β-unsaturated/α-hetero) is 1. The smallest absolute Gasteiger partial charge is 0.186 e. The number of hydrogen-bond acceptors (Lipinski definition) is 2. The Labute approximate surface area is 117 Å². The fraction of sp³-hybridized carbons (Fsp3) is 0.562. The highest BCUT2D eigenvalue weighted by molar-refractivity contribution is 6.03. The molecule has 3 rings (SSSR count). The molecule has 1 aliphatic heterocycles. The fourth-order valence-electron chi connectivity index (χ4n) is 3.72. The van der Waals surface area contributed by atoms with Gasteiger partial charge in [-0.05, 0) is 50.9 Å². The second-order valence-corrected chi connectivity index (χ2v) is 5.86. The molecule has 1 saturated carbocycles. The molecule has 2 nitrogen and oxygen atoms in total. The number of carbonyl (C=O) groups excluding carboxylic acids is 1.